The minimum absolute atomic E-state index is 0.155. The summed E-state index contributed by atoms with van der Waals surface area (Å²) in [5.74, 6) is -0.0681. The van der Waals surface area contributed by atoms with Crippen molar-refractivity contribution in [3.8, 4) is 23.0 Å². The Balaban J connectivity index is 2.18. The molecule has 2 aromatic rings. The van der Waals surface area contributed by atoms with Crippen molar-refractivity contribution in [3.63, 3.8) is 0 Å². The van der Waals surface area contributed by atoms with Crippen molar-refractivity contribution in [1.29, 1.82) is 0 Å². The van der Waals surface area contributed by atoms with Crippen LogP contribution in [0.3, 0.4) is 0 Å². The molecule has 3 atom stereocenters. The summed E-state index contributed by atoms with van der Waals surface area (Å²) >= 11 is 0. The molecule has 1 aliphatic heterocycles. The highest BCUT2D eigenvalue weighted by Crippen LogP contribution is 2.52. The van der Waals surface area contributed by atoms with E-state index in [0.29, 0.717) is 11.3 Å². The first-order chi connectivity index (χ1) is 12.8. The number of hydrogen-bond acceptors (Lipinski definition) is 5. The number of aliphatic hydroxyl groups excluding tert-OH is 1. The lowest BCUT2D eigenvalue weighted by Crippen LogP contribution is -2.40. The summed E-state index contributed by atoms with van der Waals surface area (Å²) in [6, 6.07) is 7.96. The molecule has 0 aliphatic carbocycles. The van der Waals surface area contributed by atoms with Gasteiger partial charge in [0.05, 0.1) is 0 Å². The standard InChI is InChI=1S/C23H30O5/c1-22(2,3)14-10-13-18(11-16(14)25)28-21(20(27)19(13)23(4,5)6)12-7-8-15(24)17(26)9-12/h7-11,19-21,24-27H,1-6H3. The van der Waals surface area contributed by atoms with Crippen molar-refractivity contribution in [2.75, 3.05) is 0 Å². The van der Waals surface area contributed by atoms with Gasteiger partial charge in [0.15, 0.2) is 17.6 Å². The highest BCUT2D eigenvalue weighted by molar-refractivity contribution is 5.53. The van der Waals surface area contributed by atoms with Crippen molar-refractivity contribution in [1.82, 2.24) is 0 Å². The van der Waals surface area contributed by atoms with Crippen LogP contribution in [0.25, 0.3) is 0 Å². The maximum Gasteiger partial charge on any atom is 0.157 e. The van der Waals surface area contributed by atoms with Crippen molar-refractivity contribution in [3.05, 3.63) is 47.0 Å². The van der Waals surface area contributed by atoms with Crippen LogP contribution in [-0.4, -0.2) is 26.5 Å². The molecular weight excluding hydrogens is 356 g/mol. The number of benzene rings is 2. The van der Waals surface area contributed by atoms with E-state index in [2.05, 4.69) is 20.8 Å². The Bertz CT molecular complexity index is 889. The monoisotopic (exact) mass is 386 g/mol. The SMILES string of the molecule is CC(C)(C)c1cc2c(cc1O)OC(c1ccc(O)c(O)c1)C(O)C2C(C)(C)C. The van der Waals surface area contributed by atoms with E-state index in [4.69, 9.17) is 4.74 Å². The smallest absolute Gasteiger partial charge is 0.157 e. The van der Waals surface area contributed by atoms with E-state index in [0.717, 1.165) is 11.1 Å². The summed E-state index contributed by atoms with van der Waals surface area (Å²) in [6.45, 7) is 12.3. The highest BCUT2D eigenvalue weighted by atomic mass is 16.5. The van der Waals surface area contributed by atoms with Gasteiger partial charge >= 0.3 is 0 Å². The lowest BCUT2D eigenvalue weighted by Gasteiger charge is -2.44. The molecule has 2 aromatic carbocycles. The molecule has 0 amide bonds. The maximum atomic E-state index is 11.3. The first kappa shape index (κ1) is 20.3. The third-order valence-electron chi connectivity index (χ3n) is 5.44. The van der Waals surface area contributed by atoms with Crippen LogP contribution in [0.4, 0.5) is 0 Å². The van der Waals surface area contributed by atoms with Gasteiger partial charge < -0.3 is 25.2 Å². The first-order valence-electron chi connectivity index (χ1n) is 9.54. The van der Waals surface area contributed by atoms with Crippen LogP contribution >= 0.6 is 0 Å². The lowest BCUT2D eigenvalue weighted by molar-refractivity contribution is -0.0275. The van der Waals surface area contributed by atoms with Crippen molar-refractivity contribution in [2.45, 2.75) is 65.1 Å². The Morgan fingerprint density at radius 3 is 2.00 bits per heavy atom. The number of hydrogen-bond donors (Lipinski definition) is 4. The Hall–Kier alpha value is -2.40. The summed E-state index contributed by atoms with van der Waals surface area (Å²) in [6.07, 6.45) is -1.60. The predicted molar refractivity (Wildman–Crippen MR) is 108 cm³/mol. The topological polar surface area (TPSA) is 90.2 Å². The van der Waals surface area contributed by atoms with Crippen LogP contribution < -0.4 is 4.74 Å². The molecule has 0 fully saturated rings. The Morgan fingerprint density at radius 2 is 1.46 bits per heavy atom. The van der Waals surface area contributed by atoms with E-state index in [9.17, 15) is 20.4 Å². The predicted octanol–water partition coefficient (Wildman–Crippen LogP) is 4.73. The molecule has 0 saturated heterocycles. The van der Waals surface area contributed by atoms with E-state index in [1.807, 2.05) is 26.8 Å². The molecule has 1 aliphatic rings. The minimum Gasteiger partial charge on any atom is -0.508 e. The van der Waals surface area contributed by atoms with Crippen LogP contribution in [-0.2, 0) is 5.41 Å². The molecule has 28 heavy (non-hydrogen) atoms. The third-order valence-corrected chi connectivity index (χ3v) is 5.44. The molecule has 1 heterocycles. The Labute approximate surface area is 166 Å². The van der Waals surface area contributed by atoms with Crippen molar-refractivity contribution in [2.24, 2.45) is 5.41 Å². The number of fused-ring (bicyclic) bond motifs is 1. The number of phenols is 3. The van der Waals surface area contributed by atoms with E-state index in [1.54, 1.807) is 12.1 Å². The van der Waals surface area contributed by atoms with Gasteiger partial charge in [-0.05, 0) is 40.2 Å². The first-order valence-corrected chi connectivity index (χ1v) is 9.54. The van der Waals surface area contributed by atoms with Crippen LogP contribution in [0.1, 0.15) is 70.3 Å². The number of aliphatic hydroxyl groups is 1. The van der Waals surface area contributed by atoms with Gasteiger partial charge in [0.1, 0.15) is 17.6 Å². The fourth-order valence-electron chi connectivity index (χ4n) is 4.06. The second kappa shape index (κ2) is 6.59. The van der Waals surface area contributed by atoms with Gasteiger partial charge in [0.2, 0.25) is 0 Å². The second-order valence-electron chi connectivity index (χ2n) is 9.78. The van der Waals surface area contributed by atoms with Crippen LogP contribution in [0, 0.1) is 5.41 Å². The zero-order chi connectivity index (χ0) is 21.0. The Morgan fingerprint density at radius 1 is 0.821 bits per heavy atom. The number of phenolic OH excluding ortho intramolecular Hbond substituents is 3. The van der Waals surface area contributed by atoms with Crippen molar-refractivity contribution >= 4 is 0 Å². The molecule has 0 aromatic heterocycles. The third kappa shape index (κ3) is 3.51. The molecule has 0 spiro atoms. The van der Waals surface area contributed by atoms with Gasteiger partial charge in [-0.1, -0.05) is 47.6 Å². The number of rotatable bonds is 1. The zero-order valence-electron chi connectivity index (χ0n) is 17.3. The molecule has 3 unspecified atom stereocenters. The maximum absolute atomic E-state index is 11.3. The van der Waals surface area contributed by atoms with Gasteiger partial charge in [-0.25, -0.2) is 0 Å². The molecule has 0 saturated carbocycles. The summed E-state index contributed by atoms with van der Waals surface area (Å²) in [4.78, 5) is 0. The molecule has 5 heteroatoms. The van der Waals surface area contributed by atoms with Crippen LogP contribution in [0.5, 0.6) is 23.0 Å². The number of ether oxygens (including phenoxy) is 1. The largest absolute Gasteiger partial charge is 0.508 e. The fraction of sp³-hybridized carbons (Fsp3) is 0.478. The molecule has 3 rings (SSSR count). The lowest BCUT2D eigenvalue weighted by atomic mass is 9.69. The molecular formula is C23H30O5. The van der Waals surface area contributed by atoms with E-state index < -0.39 is 12.2 Å². The summed E-state index contributed by atoms with van der Waals surface area (Å²) in [7, 11) is 0. The van der Waals surface area contributed by atoms with E-state index in [1.165, 1.54) is 12.1 Å². The molecule has 4 N–H and O–H groups in total. The second-order valence-corrected chi connectivity index (χ2v) is 9.78. The quantitative estimate of drug-likeness (QED) is 0.532. The van der Waals surface area contributed by atoms with Crippen molar-refractivity contribution < 1.29 is 25.2 Å². The zero-order valence-corrected chi connectivity index (χ0v) is 17.3. The highest BCUT2D eigenvalue weighted by Gasteiger charge is 2.44. The average molecular weight is 386 g/mol. The Kier molecular flexibility index (Phi) is 4.79. The van der Waals surface area contributed by atoms with Gasteiger partial charge in [-0.3, -0.25) is 0 Å². The molecule has 152 valence electrons. The molecule has 0 radical (unpaired) electrons. The van der Waals surface area contributed by atoms with Gasteiger partial charge in [0.25, 0.3) is 0 Å². The van der Waals surface area contributed by atoms with E-state index in [-0.39, 0.29) is 34.0 Å². The van der Waals surface area contributed by atoms with Gasteiger partial charge in [-0.15, -0.1) is 0 Å². The fourth-order valence-corrected chi connectivity index (χ4v) is 4.06. The number of aromatic hydroxyl groups is 3. The summed E-state index contributed by atoms with van der Waals surface area (Å²) < 4.78 is 6.10. The summed E-state index contributed by atoms with van der Waals surface area (Å²) in [5.41, 5.74) is 1.69. The summed E-state index contributed by atoms with van der Waals surface area (Å²) in [5, 5.41) is 41.3. The van der Waals surface area contributed by atoms with Gasteiger partial charge in [0, 0.05) is 17.5 Å². The van der Waals surface area contributed by atoms with E-state index >= 15 is 0 Å². The minimum atomic E-state index is -0.867. The van der Waals surface area contributed by atoms with Crippen LogP contribution in [0.15, 0.2) is 30.3 Å². The molecule has 0 bridgehead atoms. The van der Waals surface area contributed by atoms with Gasteiger partial charge in [-0.2, -0.15) is 0 Å². The van der Waals surface area contributed by atoms with Crippen LogP contribution in [0.2, 0.25) is 0 Å². The normalized spacial score (nSPS) is 22.5. The molecule has 5 nitrogen and oxygen atoms in total. The average Bonchev–Trinajstić information content (AvgIpc) is 2.54.